The van der Waals surface area contributed by atoms with Crippen LogP contribution >= 0.6 is 0 Å². The Kier molecular flexibility index (Phi) is 8.40. The Morgan fingerprint density at radius 3 is 1.85 bits per heavy atom. The molecule has 0 spiro atoms. The number of hydrogen-bond acceptors (Lipinski definition) is 0. The Morgan fingerprint density at radius 2 is 1.62 bits per heavy atom. The van der Waals surface area contributed by atoms with Crippen LogP contribution in [0, 0.1) is 11.3 Å². The summed E-state index contributed by atoms with van der Waals surface area (Å²) in [5.74, 6) is 0.761. The molecule has 0 aromatic rings. The first kappa shape index (κ1) is 15.2. The van der Waals surface area contributed by atoms with Crippen molar-refractivity contribution in [3.8, 4) is 0 Å². The summed E-state index contributed by atoms with van der Waals surface area (Å²) < 4.78 is 0. The number of hydrogen-bond donors (Lipinski definition) is 0. The van der Waals surface area contributed by atoms with Gasteiger partial charge in [0.1, 0.15) is 0 Å². The SMILES string of the molecule is C/C=C(/C)CC(C)(C)C(C)C.CC. The van der Waals surface area contributed by atoms with Crippen molar-refractivity contribution in [2.45, 2.75) is 61.8 Å². The van der Waals surface area contributed by atoms with E-state index in [4.69, 9.17) is 0 Å². The van der Waals surface area contributed by atoms with Gasteiger partial charge in [-0.2, -0.15) is 0 Å². The molecule has 0 radical (unpaired) electrons. The first-order valence-corrected chi connectivity index (χ1v) is 5.52. The minimum absolute atomic E-state index is 0.455. The van der Waals surface area contributed by atoms with Gasteiger partial charge in [0.25, 0.3) is 0 Å². The fourth-order valence-electron chi connectivity index (χ4n) is 1.02. The molecule has 13 heavy (non-hydrogen) atoms. The Hall–Kier alpha value is -0.260. The van der Waals surface area contributed by atoms with E-state index in [0.717, 1.165) is 5.92 Å². The van der Waals surface area contributed by atoms with Crippen LogP contribution in [-0.2, 0) is 0 Å². The highest BCUT2D eigenvalue weighted by molar-refractivity contribution is 4.99. The van der Waals surface area contributed by atoms with E-state index in [0.29, 0.717) is 5.41 Å². The van der Waals surface area contributed by atoms with Gasteiger partial charge in [0.05, 0.1) is 0 Å². The molecular formula is C13H28. The van der Waals surface area contributed by atoms with Crippen molar-refractivity contribution in [1.29, 1.82) is 0 Å². The third-order valence-electron chi connectivity index (χ3n) is 2.79. The molecule has 0 rings (SSSR count). The lowest BCUT2D eigenvalue weighted by Crippen LogP contribution is -2.19. The zero-order chi connectivity index (χ0) is 11.1. The van der Waals surface area contributed by atoms with E-state index in [1.807, 2.05) is 13.8 Å². The van der Waals surface area contributed by atoms with Crippen molar-refractivity contribution >= 4 is 0 Å². The summed E-state index contributed by atoms with van der Waals surface area (Å²) in [7, 11) is 0. The van der Waals surface area contributed by atoms with Crippen LogP contribution < -0.4 is 0 Å². The van der Waals surface area contributed by atoms with Crippen molar-refractivity contribution in [1.82, 2.24) is 0 Å². The van der Waals surface area contributed by atoms with E-state index in [1.165, 1.54) is 12.0 Å². The summed E-state index contributed by atoms with van der Waals surface area (Å²) in [6.07, 6.45) is 3.44. The topological polar surface area (TPSA) is 0 Å². The molecule has 80 valence electrons. The lowest BCUT2D eigenvalue weighted by Gasteiger charge is -2.29. The highest BCUT2D eigenvalue weighted by Crippen LogP contribution is 2.32. The zero-order valence-corrected chi connectivity index (χ0v) is 10.9. The highest BCUT2D eigenvalue weighted by Gasteiger charge is 2.21. The molecule has 0 heteroatoms. The quantitative estimate of drug-likeness (QED) is 0.538. The van der Waals surface area contributed by atoms with Gasteiger partial charge in [-0.3, -0.25) is 0 Å². The van der Waals surface area contributed by atoms with Crippen LogP contribution in [0.4, 0.5) is 0 Å². The second kappa shape index (κ2) is 7.17. The maximum Gasteiger partial charge on any atom is -0.0269 e. The summed E-state index contributed by atoms with van der Waals surface area (Å²) in [6.45, 7) is 17.6. The van der Waals surface area contributed by atoms with Crippen LogP contribution in [-0.4, -0.2) is 0 Å². The maximum absolute atomic E-state index is 2.34. The predicted octanol–water partition coefficient (Wildman–Crippen LogP) is 5.05. The largest absolute Gasteiger partial charge is 0.0887 e. The second-order valence-electron chi connectivity index (χ2n) is 4.46. The minimum Gasteiger partial charge on any atom is -0.0887 e. The molecule has 0 amide bonds. The summed E-state index contributed by atoms with van der Waals surface area (Å²) in [6, 6.07) is 0. The van der Waals surface area contributed by atoms with Crippen LogP contribution in [0.25, 0.3) is 0 Å². The molecule has 0 aromatic carbocycles. The molecule has 0 aromatic heterocycles. The molecule has 0 aliphatic rings. The van der Waals surface area contributed by atoms with E-state index in [9.17, 15) is 0 Å². The molecule has 0 atom stereocenters. The summed E-state index contributed by atoms with van der Waals surface area (Å²) >= 11 is 0. The van der Waals surface area contributed by atoms with Gasteiger partial charge in [-0.25, -0.2) is 0 Å². The normalized spacial score (nSPS) is 12.5. The van der Waals surface area contributed by atoms with Gasteiger partial charge >= 0.3 is 0 Å². The van der Waals surface area contributed by atoms with Crippen molar-refractivity contribution in [3.63, 3.8) is 0 Å². The summed E-state index contributed by atoms with van der Waals surface area (Å²) in [5.41, 5.74) is 1.96. The van der Waals surface area contributed by atoms with Crippen LogP contribution in [0.5, 0.6) is 0 Å². The van der Waals surface area contributed by atoms with Crippen LogP contribution in [0.15, 0.2) is 11.6 Å². The average molecular weight is 184 g/mol. The molecule has 0 fully saturated rings. The highest BCUT2D eigenvalue weighted by atomic mass is 14.3. The van der Waals surface area contributed by atoms with Crippen molar-refractivity contribution in [2.24, 2.45) is 11.3 Å². The van der Waals surface area contributed by atoms with Gasteiger partial charge in [0.2, 0.25) is 0 Å². The third kappa shape index (κ3) is 6.86. The summed E-state index contributed by atoms with van der Waals surface area (Å²) in [4.78, 5) is 0. The molecule has 0 N–H and O–H groups in total. The molecule has 0 nitrogen and oxygen atoms in total. The summed E-state index contributed by atoms with van der Waals surface area (Å²) in [5, 5.41) is 0. The van der Waals surface area contributed by atoms with Crippen LogP contribution in [0.2, 0.25) is 0 Å². The predicted molar refractivity (Wildman–Crippen MR) is 64.0 cm³/mol. The number of allylic oxidation sites excluding steroid dienone is 2. The Morgan fingerprint density at radius 1 is 1.23 bits per heavy atom. The smallest absolute Gasteiger partial charge is 0.0269 e. The van der Waals surface area contributed by atoms with E-state index in [2.05, 4.69) is 47.6 Å². The first-order chi connectivity index (χ1) is 5.90. The van der Waals surface area contributed by atoms with Crippen LogP contribution in [0.3, 0.4) is 0 Å². The Labute approximate surface area is 85.4 Å². The lowest BCUT2D eigenvalue weighted by atomic mass is 9.76. The maximum atomic E-state index is 2.34. The Bertz CT molecular complexity index is 138. The molecule has 0 bridgehead atoms. The first-order valence-electron chi connectivity index (χ1n) is 5.52. The molecular weight excluding hydrogens is 156 g/mol. The van der Waals surface area contributed by atoms with Crippen molar-refractivity contribution < 1.29 is 0 Å². The Balaban J connectivity index is 0. The molecule has 0 saturated carbocycles. The molecule has 0 unspecified atom stereocenters. The fourth-order valence-corrected chi connectivity index (χ4v) is 1.02. The van der Waals surface area contributed by atoms with E-state index < -0.39 is 0 Å². The minimum atomic E-state index is 0.455. The van der Waals surface area contributed by atoms with E-state index in [-0.39, 0.29) is 0 Å². The standard InChI is InChI=1S/C11H22.C2H6/c1-7-10(4)8-11(5,6)9(2)3;1-2/h7,9H,8H2,1-6H3;1-2H3/b10-7-;. The number of rotatable bonds is 3. The van der Waals surface area contributed by atoms with Gasteiger partial charge in [-0.15, -0.1) is 0 Å². The monoisotopic (exact) mass is 184 g/mol. The molecule has 0 aliphatic heterocycles. The van der Waals surface area contributed by atoms with Crippen molar-refractivity contribution in [2.75, 3.05) is 0 Å². The van der Waals surface area contributed by atoms with Gasteiger partial charge in [-0.1, -0.05) is 53.2 Å². The molecule has 0 aliphatic carbocycles. The van der Waals surface area contributed by atoms with E-state index >= 15 is 0 Å². The lowest BCUT2D eigenvalue weighted by molar-refractivity contribution is 0.247. The zero-order valence-electron chi connectivity index (χ0n) is 10.9. The van der Waals surface area contributed by atoms with E-state index in [1.54, 1.807) is 0 Å². The third-order valence-corrected chi connectivity index (χ3v) is 2.79. The van der Waals surface area contributed by atoms with Gasteiger partial charge in [0.15, 0.2) is 0 Å². The average Bonchev–Trinajstić information content (AvgIpc) is 2.07. The fraction of sp³-hybridized carbons (Fsp3) is 0.846. The van der Waals surface area contributed by atoms with Gasteiger partial charge < -0.3 is 0 Å². The van der Waals surface area contributed by atoms with Gasteiger partial charge in [-0.05, 0) is 31.6 Å². The molecule has 0 heterocycles. The van der Waals surface area contributed by atoms with Crippen molar-refractivity contribution in [3.05, 3.63) is 11.6 Å². The van der Waals surface area contributed by atoms with Crippen LogP contribution in [0.1, 0.15) is 61.8 Å². The second-order valence-corrected chi connectivity index (χ2v) is 4.46. The van der Waals surface area contributed by atoms with Gasteiger partial charge in [0, 0.05) is 0 Å². The molecule has 0 saturated heterocycles.